The van der Waals surface area contributed by atoms with Crippen LogP contribution in [-0.2, 0) is 11.2 Å². The molecule has 0 aromatic heterocycles. The fourth-order valence-corrected chi connectivity index (χ4v) is 2.76. The Labute approximate surface area is 125 Å². The molecule has 1 aliphatic heterocycles. The van der Waals surface area contributed by atoms with E-state index >= 15 is 0 Å². The zero-order valence-electron chi connectivity index (χ0n) is 11.5. The standard InChI is InChI=1S/C15H22N2O2S/c16-13(11-20)14(18)17-8-6-15(19,7-9-17)10-12-4-2-1-3-5-12/h1-5,13,19-20H,6-11,16H2. The molecule has 0 spiro atoms. The summed E-state index contributed by atoms with van der Waals surface area (Å²) in [6.07, 6.45) is 1.81. The lowest BCUT2D eigenvalue weighted by molar-refractivity contribution is -0.136. The number of likely N-dealkylation sites (tertiary alicyclic amines) is 1. The van der Waals surface area contributed by atoms with Crippen LogP contribution in [0.3, 0.4) is 0 Å². The Bertz CT molecular complexity index is 444. The van der Waals surface area contributed by atoms with Crippen molar-refractivity contribution >= 4 is 18.5 Å². The molecule has 20 heavy (non-hydrogen) atoms. The van der Waals surface area contributed by atoms with E-state index in [4.69, 9.17) is 5.73 Å². The number of thiol groups is 1. The van der Waals surface area contributed by atoms with Gasteiger partial charge in [0.2, 0.25) is 5.91 Å². The van der Waals surface area contributed by atoms with Gasteiger partial charge < -0.3 is 15.7 Å². The number of piperidine rings is 1. The second kappa shape index (κ2) is 6.61. The van der Waals surface area contributed by atoms with Gasteiger partial charge in [0.1, 0.15) is 0 Å². The van der Waals surface area contributed by atoms with Crippen LogP contribution in [0.5, 0.6) is 0 Å². The highest BCUT2D eigenvalue weighted by molar-refractivity contribution is 7.80. The van der Waals surface area contributed by atoms with Crippen LogP contribution in [0.2, 0.25) is 0 Å². The summed E-state index contributed by atoms with van der Waals surface area (Å²) in [5.74, 6) is 0.283. The van der Waals surface area contributed by atoms with Gasteiger partial charge in [0.15, 0.2) is 0 Å². The molecule has 4 nitrogen and oxygen atoms in total. The molecule has 0 aliphatic carbocycles. The Kier molecular flexibility index (Phi) is 5.07. The molecular weight excluding hydrogens is 272 g/mol. The SMILES string of the molecule is NC(CS)C(=O)N1CCC(O)(Cc2ccccc2)CC1. The third-order valence-electron chi connectivity index (χ3n) is 3.90. The number of carbonyl (C=O) groups is 1. The van der Waals surface area contributed by atoms with Crippen molar-refractivity contribution < 1.29 is 9.90 Å². The Balaban J connectivity index is 1.91. The molecule has 1 atom stereocenters. The lowest BCUT2D eigenvalue weighted by Gasteiger charge is -2.39. The average molecular weight is 294 g/mol. The first-order chi connectivity index (χ1) is 9.54. The highest BCUT2D eigenvalue weighted by Gasteiger charge is 2.34. The Morgan fingerprint density at radius 3 is 2.50 bits per heavy atom. The normalized spacial score (nSPS) is 19.6. The van der Waals surface area contributed by atoms with E-state index in [0.29, 0.717) is 38.1 Å². The lowest BCUT2D eigenvalue weighted by atomic mass is 9.85. The van der Waals surface area contributed by atoms with Crippen molar-refractivity contribution in [3.8, 4) is 0 Å². The van der Waals surface area contributed by atoms with E-state index in [1.807, 2.05) is 30.3 Å². The molecule has 1 heterocycles. The van der Waals surface area contributed by atoms with Crippen LogP contribution in [0.4, 0.5) is 0 Å². The van der Waals surface area contributed by atoms with Crippen LogP contribution in [0.15, 0.2) is 30.3 Å². The number of benzene rings is 1. The van der Waals surface area contributed by atoms with Crippen molar-refractivity contribution in [1.29, 1.82) is 0 Å². The van der Waals surface area contributed by atoms with Gasteiger partial charge in [0, 0.05) is 25.3 Å². The predicted octanol–water partition coefficient (Wildman–Crippen LogP) is 0.840. The molecule has 110 valence electrons. The summed E-state index contributed by atoms with van der Waals surface area (Å²) in [5, 5.41) is 10.6. The molecule has 3 N–H and O–H groups in total. The van der Waals surface area contributed by atoms with Crippen LogP contribution in [0.25, 0.3) is 0 Å². The van der Waals surface area contributed by atoms with Crippen LogP contribution in [0.1, 0.15) is 18.4 Å². The van der Waals surface area contributed by atoms with Gasteiger partial charge in [-0.1, -0.05) is 30.3 Å². The van der Waals surface area contributed by atoms with Crippen molar-refractivity contribution in [3.05, 3.63) is 35.9 Å². The largest absolute Gasteiger partial charge is 0.389 e. The van der Waals surface area contributed by atoms with E-state index < -0.39 is 11.6 Å². The Hall–Kier alpha value is -1.04. The lowest BCUT2D eigenvalue weighted by Crippen LogP contribution is -2.52. The molecule has 1 amide bonds. The van der Waals surface area contributed by atoms with Gasteiger partial charge in [-0.2, -0.15) is 12.6 Å². The number of nitrogens with zero attached hydrogens (tertiary/aromatic N) is 1. The Morgan fingerprint density at radius 1 is 1.35 bits per heavy atom. The molecule has 5 heteroatoms. The molecule has 2 rings (SSSR count). The molecule has 1 aliphatic rings. The maximum atomic E-state index is 12.0. The summed E-state index contributed by atoms with van der Waals surface area (Å²) in [5.41, 5.74) is 6.12. The second-order valence-electron chi connectivity index (χ2n) is 5.50. The maximum Gasteiger partial charge on any atom is 0.240 e. The minimum atomic E-state index is -0.719. The minimum Gasteiger partial charge on any atom is -0.389 e. The van der Waals surface area contributed by atoms with E-state index in [2.05, 4.69) is 12.6 Å². The van der Waals surface area contributed by atoms with Gasteiger partial charge in [0.25, 0.3) is 0 Å². The van der Waals surface area contributed by atoms with Crippen molar-refractivity contribution in [2.45, 2.75) is 30.9 Å². The number of nitrogens with two attached hydrogens (primary N) is 1. The number of rotatable bonds is 4. The van der Waals surface area contributed by atoms with Gasteiger partial charge >= 0.3 is 0 Å². The Morgan fingerprint density at radius 2 is 1.95 bits per heavy atom. The first-order valence-corrected chi connectivity index (χ1v) is 7.59. The number of hydrogen-bond donors (Lipinski definition) is 3. The first kappa shape index (κ1) is 15.4. The molecule has 1 aromatic rings. The van der Waals surface area contributed by atoms with Crippen molar-refractivity contribution in [2.24, 2.45) is 5.73 Å². The number of hydrogen-bond acceptors (Lipinski definition) is 4. The van der Waals surface area contributed by atoms with E-state index in [1.54, 1.807) is 4.90 Å². The van der Waals surface area contributed by atoms with Gasteiger partial charge in [-0.25, -0.2) is 0 Å². The third kappa shape index (κ3) is 3.75. The second-order valence-corrected chi connectivity index (χ2v) is 5.87. The zero-order chi connectivity index (χ0) is 14.6. The summed E-state index contributed by atoms with van der Waals surface area (Å²) < 4.78 is 0. The smallest absolute Gasteiger partial charge is 0.240 e. The zero-order valence-corrected chi connectivity index (χ0v) is 12.4. The van der Waals surface area contributed by atoms with E-state index in [9.17, 15) is 9.90 Å². The number of amides is 1. The van der Waals surface area contributed by atoms with Crippen molar-refractivity contribution in [3.63, 3.8) is 0 Å². The molecule has 0 saturated carbocycles. The van der Waals surface area contributed by atoms with Crippen LogP contribution < -0.4 is 5.73 Å². The highest BCUT2D eigenvalue weighted by Crippen LogP contribution is 2.26. The van der Waals surface area contributed by atoms with Crippen molar-refractivity contribution in [2.75, 3.05) is 18.8 Å². The van der Waals surface area contributed by atoms with Gasteiger partial charge in [0.05, 0.1) is 11.6 Å². The molecule has 0 radical (unpaired) electrons. The maximum absolute atomic E-state index is 12.0. The quantitative estimate of drug-likeness (QED) is 0.721. The number of aliphatic hydroxyl groups is 1. The van der Waals surface area contributed by atoms with Crippen LogP contribution in [-0.4, -0.2) is 46.4 Å². The number of carbonyl (C=O) groups excluding carboxylic acids is 1. The fourth-order valence-electron chi connectivity index (χ4n) is 2.61. The van der Waals surface area contributed by atoms with E-state index in [1.165, 1.54) is 0 Å². The molecule has 1 fully saturated rings. The van der Waals surface area contributed by atoms with Crippen LogP contribution in [0, 0.1) is 0 Å². The minimum absolute atomic E-state index is 0.0678. The van der Waals surface area contributed by atoms with E-state index in [0.717, 1.165) is 5.56 Å². The monoisotopic (exact) mass is 294 g/mol. The molecule has 0 bridgehead atoms. The van der Waals surface area contributed by atoms with Crippen molar-refractivity contribution in [1.82, 2.24) is 4.90 Å². The summed E-state index contributed by atoms with van der Waals surface area (Å²) in [6.45, 7) is 1.12. The molecule has 1 aromatic carbocycles. The third-order valence-corrected chi connectivity index (χ3v) is 4.29. The molecule has 1 saturated heterocycles. The average Bonchev–Trinajstić information content (AvgIpc) is 2.47. The summed E-state index contributed by atoms with van der Waals surface area (Å²) in [6, 6.07) is 9.41. The topological polar surface area (TPSA) is 66.6 Å². The fraction of sp³-hybridized carbons (Fsp3) is 0.533. The first-order valence-electron chi connectivity index (χ1n) is 6.96. The molecule has 1 unspecified atom stereocenters. The van der Waals surface area contributed by atoms with E-state index in [-0.39, 0.29) is 5.91 Å². The highest BCUT2D eigenvalue weighted by atomic mass is 32.1. The van der Waals surface area contributed by atoms with Gasteiger partial charge in [-0.15, -0.1) is 0 Å². The van der Waals surface area contributed by atoms with Gasteiger partial charge in [-0.3, -0.25) is 4.79 Å². The molecular formula is C15H22N2O2S. The predicted molar refractivity (Wildman–Crippen MR) is 82.7 cm³/mol. The summed E-state index contributed by atoms with van der Waals surface area (Å²) in [7, 11) is 0. The summed E-state index contributed by atoms with van der Waals surface area (Å²) >= 11 is 4.05. The van der Waals surface area contributed by atoms with Crippen LogP contribution >= 0.6 is 12.6 Å². The van der Waals surface area contributed by atoms with Gasteiger partial charge in [-0.05, 0) is 18.4 Å². The summed E-state index contributed by atoms with van der Waals surface area (Å²) in [4.78, 5) is 13.7.